The zero-order valence-corrected chi connectivity index (χ0v) is 16.9. The van der Waals surface area contributed by atoms with Crippen LogP contribution in [0.15, 0.2) is 48.5 Å². The minimum atomic E-state index is -4.33. The van der Waals surface area contributed by atoms with Crippen LogP contribution in [0.2, 0.25) is 0 Å². The maximum absolute atomic E-state index is 12.8. The summed E-state index contributed by atoms with van der Waals surface area (Å²) in [6.45, 7) is 4.88. The van der Waals surface area contributed by atoms with Gasteiger partial charge in [0.1, 0.15) is 11.4 Å². The van der Waals surface area contributed by atoms with E-state index >= 15 is 0 Å². The van der Waals surface area contributed by atoms with Gasteiger partial charge in [0.15, 0.2) is 0 Å². The van der Waals surface area contributed by atoms with E-state index in [-0.39, 0.29) is 6.04 Å². The van der Waals surface area contributed by atoms with Crippen molar-refractivity contribution >= 4 is 5.69 Å². The molecule has 0 radical (unpaired) electrons. The van der Waals surface area contributed by atoms with Crippen LogP contribution >= 0.6 is 0 Å². The molecule has 0 bridgehead atoms. The topological polar surface area (TPSA) is 71.8 Å². The van der Waals surface area contributed by atoms with Gasteiger partial charge in [-0.2, -0.15) is 33.8 Å². The van der Waals surface area contributed by atoms with Crippen molar-refractivity contribution in [2.45, 2.75) is 25.7 Å². The van der Waals surface area contributed by atoms with E-state index < -0.39 is 11.7 Å². The number of benzene rings is 2. The zero-order valence-electron chi connectivity index (χ0n) is 16.9. The Morgan fingerprint density at radius 3 is 2.39 bits per heavy atom. The van der Waals surface area contributed by atoms with Crippen molar-refractivity contribution in [3.05, 3.63) is 65.4 Å². The van der Waals surface area contributed by atoms with Crippen molar-refractivity contribution in [1.29, 1.82) is 5.26 Å². The number of anilines is 1. The molecule has 1 atom stereocenters. The number of piperazine rings is 1. The fraction of sp³-hybridized carbons (Fsp3) is 0.318. The lowest BCUT2D eigenvalue weighted by molar-refractivity contribution is -0.137. The lowest BCUT2D eigenvalue weighted by Crippen LogP contribution is -2.51. The Kier molecular flexibility index (Phi) is 5.65. The molecule has 0 spiro atoms. The Morgan fingerprint density at radius 2 is 1.77 bits per heavy atom. The quantitative estimate of drug-likeness (QED) is 0.681. The van der Waals surface area contributed by atoms with E-state index in [2.05, 4.69) is 38.2 Å². The molecule has 2 aromatic carbocycles. The summed E-state index contributed by atoms with van der Waals surface area (Å²) in [5.41, 5.74) is 3.20. The molecule has 1 aliphatic heterocycles. The van der Waals surface area contributed by atoms with Gasteiger partial charge >= 0.3 is 6.18 Å². The number of alkyl halides is 3. The SMILES string of the molecule is CC1CN(Cc2n[nH]nc2-c2ccc(C#N)cc2)CCN1c1ccc(C(F)(F)F)cc1. The van der Waals surface area contributed by atoms with Crippen LogP contribution in [-0.4, -0.2) is 46.0 Å². The predicted octanol–water partition coefficient (Wildman–Crippen LogP) is 4.07. The first-order valence-electron chi connectivity index (χ1n) is 9.91. The average molecular weight is 426 g/mol. The highest BCUT2D eigenvalue weighted by atomic mass is 19.4. The van der Waals surface area contributed by atoms with Gasteiger partial charge in [-0.3, -0.25) is 4.90 Å². The number of halogens is 3. The summed E-state index contributed by atoms with van der Waals surface area (Å²) in [5.74, 6) is 0. The lowest BCUT2D eigenvalue weighted by atomic mass is 10.1. The molecule has 0 aliphatic carbocycles. The van der Waals surface area contributed by atoms with Crippen LogP contribution in [0.3, 0.4) is 0 Å². The van der Waals surface area contributed by atoms with Crippen molar-refractivity contribution in [3.63, 3.8) is 0 Å². The van der Waals surface area contributed by atoms with Gasteiger partial charge in [0.05, 0.1) is 17.2 Å². The van der Waals surface area contributed by atoms with Crippen molar-refractivity contribution in [2.75, 3.05) is 24.5 Å². The van der Waals surface area contributed by atoms with Crippen LogP contribution in [-0.2, 0) is 12.7 Å². The van der Waals surface area contributed by atoms with Crippen LogP contribution in [0.5, 0.6) is 0 Å². The molecule has 1 unspecified atom stereocenters. The Hall–Kier alpha value is -3.38. The first-order valence-corrected chi connectivity index (χ1v) is 9.91. The van der Waals surface area contributed by atoms with Crippen LogP contribution in [0.4, 0.5) is 18.9 Å². The van der Waals surface area contributed by atoms with Gasteiger partial charge < -0.3 is 4.90 Å². The van der Waals surface area contributed by atoms with Gasteiger partial charge in [-0.25, -0.2) is 0 Å². The molecule has 1 saturated heterocycles. The van der Waals surface area contributed by atoms with Crippen LogP contribution in [0.25, 0.3) is 11.3 Å². The van der Waals surface area contributed by atoms with Crippen molar-refractivity contribution < 1.29 is 13.2 Å². The minimum absolute atomic E-state index is 0.135. The van der Waals surface area contributed by atoms with Gasteiger partial charge in [-0.1, -0.05) is 12.1 Å². The van der Waals surface area contributed by atoms with E-state index in [0.717, 1.165) is 47.9 Å². The molecule has 6 nitrogen and oxygen atoms in total. The smallest absolute Gasteiger partial charge is 0.366 e. The number of hydrogen-bond acceptors (Lipinski definition) is 5. The third-order valence-corrected chi connectivity index (χ3v) is 5.52. The Labute approximate surface area is 177 Å². The molecule has 4 rings (SSSR count). The second kappa shape index (κ2) is 8.40. The third-order valence-electron chi connectivity index (χ3n) is 5.52. The number of nitriles is 1. The first-order chi connectivity index (χ1) is 14.8. The highest BCUT2D eigenvalue weighted by Crippen LogP contribution is 2.31. The van der Waals surface area contributed by atoms with E-state index in [9.17, 15) is 13.2 Å². The van der Waals surface area contributed by atoms with E-state index in [1.807, 2.05) is 12.1 Å². The van der Waals surface area contributed by atoms with Crippen molar-refractivity contribution in [1.82, 2.24) is 20.3 Å². The summed E-state index contributed by atoms with van der Waals surface area (Å²) < 4.78 is 38.4. The summed E-state index contributed by atoms with van der Waals surface area (Å²) in [4.78, 5) is 4.39. The van der Waals surface area contributed by atoms with E-state index in [1.165, 1.54) is 12.1 Å². The summed E-state index contributed by atoms with van der Waals surface area (Å²) >= 11 is 0. The maximum Gasteiger partial charge on any atom is 0.416 e. The maximum atomic E-state index is 12.8. The number of rotatable bonds is 4. The largest absolute Gasteiger partial charge is 0.416 e. The highest BCUT2D eigenvalue weighted by molar-refractivity contribution is 5.62. The Bertz CT molecular complexity index is 1070. The first kappa shape index (κ1) is 20.9. The van der Waals surface area contributed by atoms with Crippen LogP contribution in [0, 0.1) is 11.3 Å². The summed E-state index contributed by atoms with van der Waals surface area (Å²) in [6.07, 6.45) is -4.33. The van der Waals surface area contributed by atoms with Gasteiger partial charge in [-0.05, 0) is 43.3 Å². The molecule has 3 aromatic rings. The number of hydrogen-bond donors (Lipinski definition) is 1. The van der Waals surface area contributed by atoms with Crippen molar-refractivity contribution in [2.24, 2.45) is 0 Å². The molecule has 2 heterocycles. The normalized spacial score (nSPS) is 17.5. The second-order valence-electron chi connectivity index (χ2n) is 7.63. The summed E-state index contributed by atoms with van der Waals surface area (Å²) in [6, 6.07) is 14.8. The fourth-order valence-electron chi connectivity index (χ4n) is 3.91. The van der Waals surface area contributed by atoms with Crippen LogP contribution < -0.4 is 4.90 Å². The molecule has 160 valence electrons. The van der Waals surface area contributed by atoms with E-state index in [1.54, 1.807) is 12.1 Å². The third kappa shape index (κ3) is 4.54. The predicted molar refractivity (Wildman–Crippen MR) is 110 cm³/mol. The summed E-state index contributed by atoms with van der Waals surface area (Å²) in [7, 11) is 0. The molecule has 1 aromatic heterocycles. The minimum Gasteiger partial charge on any atom is -0.366 e. The molecule has 1 aliphatic rings. The Balaban J connectivity index is 1.42. The van der Waals surface area contributed by atoms with Crippen LogP contribution in [0.1, 0.15) is 23.7 Å². The number of H-pyrrole nitrogens is 1. The number of aromatic nitrogens is 3. The monoisotopic (exact) mass is 426 g/mol. The van der Waals surface area contributed by atoms with E-state index in [4.69, 9.17) is 5.26 Å². The van der Waals surface area contributed by atoms with E-state index in [0.29, 0.717) is 18.7 Å². The van der Waals surface area contributed by atoms with Gasteiger partial charge in [0.2, 0.25) is 0 Å². The second-order valence-corrected chi connectivity index (χ2v) is 7.63. The van der Waals surface area contributed by atoms with Gasteiger partial charge in [0.25, 0.3) is 0 Å². The number of nitrogens with zero attached hydrogens (tertiary/aromatic N) is 5. The lowest BCUT2D eigenvalue weighted by Gasteiger charge is -2.41. The zero-order chi connectivity index (χ0) is 22.0. The molecule has 9 heteroatoms. The number of nitrogens with one attached hydrogen (secondary N) is 1. The molecule has 1 fully saturated rings. The number of aromatic amines is 1. The van der Waals surface area contributed by atoms with Gasteiger partial charge in [0, 0.05) is 43.5 Å². The standard InChI is InChI=1S/C22H21F3N6/c1-15-13-30(10-11-31(15)19-8-6-18(7-9-19)22(23,24)25)14-20-21(28-29-27-20)17-4-2-16(12-26)3-5-17/h2-9,15H,10-11,13-14H2,1H3,(H,27,28,29). The summed E-state index contributed by atoms with van der Waals surface area (Å²) in [5, 5.41) is 20.2. The van der Waals surface area contributed by atoms with Gasteiger partial charge in [-0.15, -0.1) is 0 Å². The highest BCUT2D eigenvalue weighted by Gasteiger charge is 2.31. The van der Waals surface area contributed by atoms with Crippen molar-refractivity contribution in [3.8, 4) is 17.3 Å². The average Bonchev–Trinajstić information content (AvgIpc) is 3.21. The molecular formula is C22H21F3N6. The molecule has 1 N–H and O–H groups in total. The Morgan fingerprint density at radius 1 is 1.06 bits per heavy atom. The fourth-order valence-corrected chi connectivity index (χ4v) is 3.91. The molecule has 0 amide bonds. The molecule has 31 heavy (non-hydrogen) atoms. The molecular weight excluding hydrogens is 405 g/mol. The molecule has 0 saturated carbocycles.